The lowest BCUT2D eigenvalue weighted by Crippen LogP contribution is -2.48. The minimum Gasteiger partial charge on any atom is -0.356 e. The smallest absolute Gasteiger partial charge is 0.242 e. The fraction of sp³-hybridized carbons (Fsp3) is 0.722. The largest absolute Gasteiger partial charge is 0.356 e. The van der Waals surface area contributed by atoms with Gasteiger partial charge in [-0.15, -0.1) is 24.0 Å². The molecule has 156 valence electrons. The molecule has 7 nitrogen and oxygen atoms in total. The van der Waals surface area contributed by atoms with Crippen molar-refractivity contribution in [2.45, 2.75) is 44.4 Å². The van der Waals surface area contributed by atoms with Crippen molar-refractivity contribution < 1.29 is 8.42 Å². The Morgan fingerprint density at radius 1 is 1.30 bits per heavy atom. The molecule has 0 amide bonds. The summed E-state index contributed by atoms with van der Waals surface area (Å²) in [5.74, 6) is 1.42. The second-order valence-electron chi connectivity index (χ2n) is 7.71. The summed E-state index contributed by atoms with van der Waals surface area (Å²) in [5, 5.41) is 6.59. The summed E-state index contributed by atoms with van der Waals surface area (Å²) in [6.45, 7) is 6.23. The third-order valence-electron chi connectivity index (χ3n) is 4.93. The molecule has 1 aliphatic carbocycles. The number of hydrogen-bond acceptors (Lipinski definition) is 3. The summed E-state index contributed by atoms with van der Waals surface area (Å²) >= 11 is 0. The Hall–Kier alpha value is -0.810. The maximum absolute atomic E-state index is 12.2. The second kappa shape index (κ2) is 10.7. The molecule has 0 saturated heterocycles. The fourth-order valence-corrected chi connectivity index (χ4v) is 4.66. The minimum absolute atomic E-state index is 0. The van der Waals surface area contributed by atoms with Crippen molar-refractivity contribution in [1.82, 2.24) is 19.9 Å². The SMILES string of the molecule is CN=C(NCCNS(=O)(=O)c1ccn(C)c1)NCC1(CC(C)C)CCC1.I. The summed E-state index contributed by atoms with van der Waals surface area (Å²) < 4.78 is 28.7. The Morgan fingerprint density at radius 2 is 2.00 bits per heavy atom. The molecule has 27 heavy (non-hydrogen) atoms. The zero-order valence-electron chi connectivity index (χ0n) is 16.8. The lowest BCUT2D eigenvalue weighted by Gasteiger charge is -2.43. The third-order valence-corrected chi connectivity index (χ3v) is 6.38. The van der Waals surface area contributed by atoms with Crippen LogP contribution in [0.2, 0.25) is 0 Å². The summed E-state index contributed by atoms with van der Waals surface area (Å²) in [6, 6.07) is 1.59. The molecule has 0 bridgehead atoms. The zero-order valence-corrected chi connectivity index (χ0v) is 19.9. The van der Waals surface area contributed by atoms with Crippen molar-refractivity contribution >= 4 is 40.0 Å². The van der Waals surface area contributed by atoms with E-state index in [1.807, 2.05) is 0 Å². The van der Waals surface area contributed by atoms with E-state index in [0.29, 0.717) is 24.4 Å². The van der Waals surface area contributed by atoms with Gasteiger partial charge in [0.1, 0.15) is 0 Å². The van der Waals surface area contributed by atoms with Crippen molar-refractivity contribution in [1.29, 1.82) is 0 Å². The average molecular weight is 511 g/mol. The van der Waals surface area contributed by atoms with Crippen LogP contribution in [0.3, 0.4) is 0 Å². The Balaban J connectivity index is 0.00000364. The van der Waals surface area contributed by atoms with E-state index in [0.717, 1.165) is 12.5 Å². The summed E-state index contributed by atoms with van der Waals surface area (Å²) in [7, 11) is 0.0724. The van der Waals surface area contributed by atoms with Gasteiger partial charge in [0.2, 0.25) is 10.0 Å². The van der Waals surface area contributed by atoms with Crippen molar-refractivity contribution in [3.8, 4) is 0 Å². The van der Waals surface area contributed by atoms with Crippen molar-refractivity contribution in [3.63, 3.8) is 0 Å². The molecule has 0 radical (unpaired) electrons. The molecule has 9 heteroatoms. The molecule has 1 aromatic rings. The number of aliphatic imine (C=N–C) groups is 1. The van der Waals surface area contributed by atoms with Crippen molar-refractivity contribution in [3.05, 3.63) is 18.5 Å². The van der Waals surface area contributed by atoms with Gasteiger partial charge in [0.25, 0.3) is 0 Å². The highest BCUT2D eigenvalue weighted by molar-refractivity contribution is 14.0. The molecule has 2 rings (SSSR count). The molecule has 0 spiro atoms. The third kappa shape index (κ3) is 7.26. The van der Waals surface area contributed by atoms with Crippen LogP contribution in [0.1, 0.15) is 39.5 Å². The summed E-state index contributed by atoms with van der Waals surface area (Å²) in [6.07, 6.45) is 8.38. The fourth-order valence-electron chi connectivity index (χ4n) is 3.57. The maximum Gasteiger partial charge on any atom is 0.242 e. The predicted octanol–water partition coefficient (Wildman–Crippen LogP) is 2.30. The number of aryl methyl sites for hydroxylation is 1. The highest BCUT2D eigenvalue weighted by Gasteiger charge is 2.37. The first kappa shape index (κ1) is 24.2. The van der Waals surface area contributed by atoms with Crippen LogP contribution in [-0.4, -0.2) is 45.6 Å². The maximum atomic E-state index is 12.2. The van der Waals surface area contributed by atoms with E-state index in [2.05, 4.69) is 34.2 Å². The topological polar surface area (TPSA) is 87.5 Å². The first-order valence-electron chi connectivity index (χ1n) is 9.32. The van der Waals surface area contributed by atoms with Gasteiger partial charge in [0.05, 0.1) is 4.90 Å². The first-order chi connectivity index (χ1) is 12.3. The number of rotatable bonds is 9. The molecule has 1 fully saturated rings. The highest BCUT2D eigenvalue weighted by atomic mass is 127. The second-order valence-corrected chi connectivity index (χ2v) is 9.48. The number of hydrogen-bond donors (Lipinski definition) is 3. The molecule has 1 saturated carbocycles. The lowest BCUT2D eigenvalue weighted by molar-refractivity contribution is 0.104. The Morgan fingerprint density at radius 3 is 2.48 bits per heavy atom. The van der Waals surface area contributed by atoms with Gasteiger partial charge < -0.3 is 15.2 Å². The Bertz CT molecular complexity index is 711. The van der Waals surface area contributed by atoms with Crippen LogP contribution in [0.4, 0.5) is 0 Å². The van der Waals surface area contributed by atoms with E-state index in [9.17, 15) is 8.42 Å². The van der Waals surface area contributed by atoms with Crippen LogP contribution < -0.4 is 15.4 Å². The van der Waals surface area contributed by atoms with Gasteiger partial charge >= 0.3 is 0 Å². The molecule has 1 aliphatic rings. The molecule has 0 unspecified atom stereocenters. The van der Waals surface area contributed by atoms with Gasteiger partial charge in [0.15, 0.2) is 5.96 Å². The van der Waals surface area contributed by atoms with E-state index < -0.39 is 10.0 Å². The van der Waals surface area contributed by atoms with Crippen molar-refractivity contribution in [2.75, 3.05) is 26.7 Å². The Labute approximate surface area is 180 Å². The molecule has 0 atom stereocenters. The highest BCUT2D eigenvalue weighted by Crippen LogP contribution is 2.45. The van der Waals surface area contributed by atoms with Gasteiger partial charge in [0, 0.05) is 46.1 Å². The quantitative estimate of drug-likeness (QED) is 0.206. The number of nitrogens with zero attached hydrogens (tertiary/aromatic N) is 2. The number of aromatic nitrogens is 1. The lowest BCUT2D eigenvalue weighted by atomic mass is 9.64. The monoisotopic (exact) mass is 511 g/mol. The normalized spacial score (nSPS) is 16.6. The average Bonchev–Trinajstić information content (AvgIpc) is 2.98. The van der Waals surface area contributed by atoms with Gasteiger partial charge in [-0.25, -0.2) is 13.1 Å². The molecular formula is C18H34IN5O2S. The van der Waals surface area contributed by atoms with Crippen LogP contribution >= 0.6 is 24.0 Å². The standard InChI is InChI=1S/C18H33N5O2S.HI/c1-15(2)12-18(7-5-8-18)14-21-17(19-3)20-9-10-22-26(24,25)16-6-11-23(4)13-16;/h6,11,13,15,22H,5,7-10,12,14H2,1-4H3,(H2,19,20,21);1H. The van der Waals surface area contributed by atoms with Crippen LogP contribution in [-0.2, 0) is 17.1 Å². The molecule has 0 aromatic carbocycles. The van der Waals surface area contributed by atoms with Crippen molar-refractivity contribution in [2.24, 2.45) is 23.4 Å². The first-order valence-corrected chi connectivity index (χ1v) is 10.8. The molecule has 0 aliphatic heterocycles. The van der Waals surface area contributed by atoms with Crippen LogP contribution in [0, 0.1) is 11.3 Å². The predicted molar refractivity (Wildman–Crippen MR) is 121 cm³/mol. The molecule has 3 N–H and O–H groups in total. The van der Waals surface area contributed by atoms with E-state index >= 15 is 0 Å². The van der Waals surface area contributed by atoms with E-state index in [-0.39, 0.29) is 28.9 Å². The van der Waals surface area contributed by atoms with Gasteiger partial charge in [-0.1, -0.05) is 20.3 Å². The molecular weight excluding hydrogens is 477 g/mol. The van der Waals surface area contributed by atoms with E-state index in [4.69, 9.17) is 0 Å². The number of halogens is 1. The van der Waals surface area contributed by atoms with E-state index in [1.54, 1.807) is 37.1 Å². The van der Waals surface area contributed by atoms with Crippen LogP contribution in [0.25, 0.3) is 0 Å². The zero-order chi connectivity index (χ0) is 19.2. The molecule has 1 heterocycles. The number of nitrogens with one attached hydrogen (secondary N) is 3. The minimum atomic E-state index is -3.46. The summed E-state index contributed by atoms with van der Waals surface area (Å²) in [5.41, 5.74) is 0.390. The molecule has 1 aromatic heterocycles. The number of guanidine groups is 1. The number of sulfonamides is 1. The summed E-state index contributed by atoms with van der Waals surface area (Å²) in [4.78, 5) is 4.52. The van der Waals surface area contributed by atoms with E-state index in [1.165, 1.54) is 25.7 Å². The van der Waals surface area contributed by atoms with Crippen LogP contribution in [0.15, 0.2) is 28.3 Å². The van der Waals surface area contributed by atoms with Gasteiger partial charge in [-0.2, -0.15) is 0 Å². The van der Waals surface area contributed by atoms with Gasteiger partial charge in [-0.3, -0.25) is 4.99 Å². The Kier molecular flexibility index (Phi) is 9.56. The van der Waals surface area contributed by atoms with Gasteiger partial charge in [-0.05, 0) is 36.7 Å². The van der Waals surface area contributed by atoms with Crippen LogP contribution in [0.5, 0.6) is 0 Å².